The Bertz CT molecular complexity index is 144. The molecule has 2 N–H and O–H groups in total. The molecule has 0 saturated carbocycles. The van der Waals surface area contributed by atoms with Crippen LogP contribution in [0.1, 0.15) is 20.3 Å². The second kappa shape index (κ2) is 3.16. The van der Waals surface area contributed by atoms with Crippen molar-refractivity contribution in [1.82, 2.24) is 4.90 Å². The highest BCUT2D eigenvalue weighted by Crippen LogP contribution is 2.21. The van der Waals surface area contributed by atoms with Crippen LogP contribution in [0.2, 0.25) is 0 Å². The van der Waals surface area contributed by atoms with Gasteiger partial charge in [-0.2, -0.15) is 0 Å². The number of nitrogens with zero attached hydrogens (tertiary/aromatic N) is 1. The van der Waals surface area contributed by atoms with Gasteiger partial charge in [-0.1, -0.05) is 20.4 Å². The Morgan fingerprint density at radius 3 is 2.18 bits per heavy atom. The molecule has 2 unspecified atom stereocenters. The lowest BCUT2D eigenvalue weighted by Gasteiger charge is -2.36. The van der Waals surface area contributed by atoms with Crippen molar-refractivity contribution < 1.29 is 0 Å². The second-order valence-electron chi connectivity index (χ2n) is 3.84. The molecule has 0 radical (unpaired) electrons. The molecule has 0 aromatic rings. The first-order chi connectivity index (χ1) is 5.09. The van der Waals surface area contributed by atoms with Gasteiger partial charge in [0.05, 0.1) is 5.82 Å². The minimum atomic E-state index is 0.725. The molecule has 0 amide bonds. The van der Waals surface area contributed by atoms with Gasteiger partial charge in [-0.25, -0.2) is 0 Å². The Morgan fingerprint density at radius 1 is 1.36 bits per heavy atom. The van der Waals surface area contributed by atoms with Crippen molar-refractivity contribution in [1.29, 1.82) is 0 Å². The Balaban J connectivity index is 2.49. The highest BCUT2D eigenvalue weighted by molar-refractivity contribution is 4.90. The summed E-state index contributed by atoms with van der Waals surface area (Å²) in [7, 11) is 0. The fourth-order valence-electron chi connectivity index (χ4n) is 1.90. The van der Waals surface area contributed by atoms with Crippen molar-refractivity contribution in [2.24, 2.45) is 17.6 Å². The van der Waals surface area contributed by atoms with Crippen LogP contribution in [0, 0.1) is 11.8 Å². The van der Waals surface area contributed by atoms with Gasteiger partial charge in [0.2, 0.25) is 0 Å². The standard InChI is InChI=1S/C9H18N2/c1-7-4-8(2)6-11(5-7)9(3)10/h7-8H,3-6,10H2,1-2H3. The summed E-state index contributed by atoms with van der Waals surface area (Å²) < 4.78 is 0. The minimum absolute atomic E-state index is 0.725. The number of hydrogen-bond donors (Lipinski definition) is 1. The number of hydrogen-bond acceptors (Lipinski definition) is 2. The maximum absolute atomic E-state index is 5.62. The lowest BCUT2D eigenvalue weighted by atomic mass is 9.92. The van der Waals surface area contributed by atoms with Crippen molar-refractivity contribution in [3.63, 3.8) is 0 Å². The van der Waals surface area contributed by atoms with Gasteiger partial charge in [-0.05, 0) is 18.3 Å². The minimum Gasteiger partial charge on any atom is -0.386 e. The second-order valence-corrected chi connectivity index (χ2v) is 3.84. The molecule has 0 spiro atoms. The molecule has 1 fully saturated rings. The van der Waals surface area contributed by atoms with Crippen LogP contribution in [-0.2, 0) is 0 Å². The van der Waals surface area contributed by atoms with Crippen LogP contribution < -0.4 is 5.73 Å². The van der Waals surface area contributed by atoms with Crippen molar-refractivity contribution >= 4 is 0 Å². The van der Waals surface area contributed by atoms with Gasteiger partial charge < -0.3 is 10.6 Å². The molecule has 1 aliphatic heterocycles. The average molecular weight is 154 g/mol. The summed E-state index contributed by atoms with van der Waals surface area (Å²) >= 11 is 0. The van der Waals surface area contributed by atoms with E-state index in [0.29, 0.717) is 0 Å². The molecule has 11 heavy (non-hydrogen) atoms. The first-order valence-electron chi connectivity index (χ1n) is 4.29. The smallest absolute Gasteiger partial charge is 0.0912 e. The van der Waals surface area contributed by atoms with Crippen LogP contribution in [0.3, 0.4) is 0 Å². The number of piperidine rings is 1. The summed E-state index contributed by atoms with van der Waals surface area (Å²) in [5.74, 6) is 2.25. The van der Waals surface area contributed by atoms with Gasteiger partial charge in [0, 0.05) is 13.1 Å². The van der Waals surface area contributed by atoms with E-state index in [-0.39, 0.29) is 0 Å². The first kappa shape index (κ1) is 8.44. The van der Waals surface area contributed by atoms with E-state index in [4.69, 9.17) is 5.73 Å². The van der Waals surface area contributed by atoms with Gasteiger partial charge in [0.15, 0.2) is 0 Å². The quantitative estimate of drug-likeness (QED) is 0.618. The maximum atomic E-state index is 5.62. The summed E-state index contributed by atoms with van der Waals surface area (Å²) in [6, 6.07) is 0. The molecule has 64 valence electrons. The zero-order chi connectivity index (χ0) is 8.43. The van der Waals surface area contributed by atoms with Crippen LogP contribution in [0.4, 0.5) is 0 Å². The van der Waals surface area contributed by atoms with Crippen LogP contribution in [-0.4, -0.2) is 18.0 Å². The zero-order valence-corrected chi connectivity index (χ0v) is 7.51. The van der Waals surface area contributed by atoms with Crippen LogP contribution in [0.15, 0.2) is 12.4 Å². The van der Waals surface area contributed by atoms with E-state index >= 15 is 0 Å². The molecule has 0 aromatic heterocycles. The highest BCUT2D eigenvalue weighted by Gasteiger charge is 2.21. The Labute approximate surface area is 69.1 Å². The van der Waals surface area contributed by atoms with Gasteiger partial charge in [-0.15, -0.1) is 0 Å². The summed E-state index contributed by atoms with van der Waals surface area (Å²) in [4.78, 5) is 2.18. The van der Waals surface area contributed by atoms with Crippen molar-refractivity contribution in [3.8, 4) is 0 Å². The average Bonchev–Trinajstić information content (AvgIpc) is 1.85. The molecule has 2 nitrogen and oxygen atoms in total. The molecular weight excluding hydrogens is 136 g/mol. The normalized spacial score (nSPS) is 32.0. The molecule has 1 heterocycles. The van der Waals surface area contributed by atoms with E-state index in [9.17, 15) is 0 Å². The number of likely N-dealkylation sites (tertiary alicyclic amines) is 1. The van der Waals surface area contributed by atoms with Gasteiger partial charge >= 0.3 is 0 Å². The topological polar surface area (TPSA) is 29.3 Å². The third-order valence-corrected chi connectivity index (χ3v) is 2.28. The molecule has 0 aromatic carbocycles. The number of nitrogens with two attached hydrogens (primary N) is 1. The molecular formula is C9H18N2. The van der Waals surface area contributed by atoms with Crippen LogP contribution in [0.25, 0.3) is 0 Å². The number of rotatable bonds is 1. The summed E-state index contributed by atoms with van der Waals surface area (Å²) in [5, 5.41) is 0. The SMILES string of the molecule is C=C(N)N1CC(C)CC(C)C1. The van der Waals surface area contributed by atoms with Crippen molar-refractivity contribution in [2.45, 2.75) is 20.3 Å². The van der Waals surface area contributed by atoms with E-state index in [2.05, 4.69) is 25.3 Å². The van der Waals surface area contributed by atoms with E-state index in [0.717, 1.165) is 30.7 Å². The molecule has 2 atom stereocenters. The van der Waals surface area contributed by atoms with Crippen molar-refractivity contribution in [3.05, 3.63) is 12.4 Å². The molecule has 1 saturated heterocycles. The van der Waals surface area contributed by atoms with Gasteiger partial charge in [0.25, 0.3) is 0 Å². The first-order valence-corrected chi connectivity index (χ1v) is 4.29. The predicted molar refractivity (Wildman–Crippen MR) is 47.8 cm³/mol. The molecule has 0 bridgehead atoms. The van der Waals surface area contributed by atoms with Crippen LogP contribution >= 0.6 is 0 Å². The summed E-state index contributed by atoms with van der Waals surface area (Å²) in [5.41, 5.74) is 5.62. The molecule has 1 rings (SSSR count). The largest absolute Gasteiger partial charge is 0.386 e. The summed E-state index contributed by atoms with van der Waals surface area (Å²) in [6.45, 7) is 10.5. The molecule has 2 heteroatoms. The lowest BCUT2D eigenvalue weighted by molar-refractivity contribution is 0.177. The lowest BCUT2D eigenvalue weighted by Crippen LogP contribution is -2.39. The van der Waals surface area contributed by atoms with E-state index in [1.54, 1.807) is 0 Å². The Kier molecular flexibility index (Phi) is 2.42. The Hall–Kier alpha value is -0.660. The van der Waals surface area contributed by atoms with Gasteiger partial charge in [-0.3, -0.25) is 0 Å². The Morgan fingerprint density at radius 2 is 1.82 bits per heavy atom. The van der Waals surface area contributed by atoms with Gasteiger partial charge in [0.1, 0.15) is 0 Å². The third-order valence-electron chi connectivity index (χ3n) is 2.28. The van der Waals surface area contributed by atoms with E-state index < -0.39 is 0 Å². The van der Waals surface area contributed by atoms with Crippen molar-refractivity contribution in [2.75, 3.05) is 13.1 Å². The molecule has 1 aliphatic rings. The predicted octanol–water partition coefficient (Wildman–Crippen LogP) is 1.39. The zero-order valence-electron chi connectivity index (χ0n) is 7.51. The van der Waals surface area contributed by atoms with E-state index in [1.807, 2.05) is 0 Å². The monoisotopic (exact) mass is 154 g/mol. The molecule has 0 aliphatic carbocycles. The summed E-state index contributed by atoms with van der Waals surface area (Å²) in [6.07, 6.45) is 1.32. The maximum Gasteiger partial charge on any atom is 0.0912 e. The fourth-order valence-corrected chi connectivity index (χ4v) is 1.90. The fraction of sp³-hybridized carbons (Fsp3) is 0.778. The third kappa shape index (κ3) is 2.14. The highest BCUT2D eigenvalue weighted by atomic mass is 15.2. The van der Waals surface area contributed by atoms with Crippen LogP contribution in [0.5, 0.6) is 0 Å². The van der Waals surface area contributed by atoms with E-state index in [1.165, 1.54) is 6.42 Å².